The molecule has 3 heterocycles. The molecule has 1 N–H and O–H groups in total. The minimum atomic E-state index is 0.377. The predicted molar refractivity (Wildman–Crippen MR) is 82.8 cm³/mol. The number of thioether (sulfide) groups is 2. The van der Waals surface area contributed by atoms with E-state index in [9.17, 15) is 0 Å². The van der Waals surface area contributed by atoms with E-state index in [1.807, 2.05) is 23.5 Å². The summed E-state index contributed by atoms with van der Waals surface area (Å²) < 4.78 is 5.46. The van der Waals surface area contributed by atoms with Gasteiger partial charge in [0.2, 0.25) is 0 Å². The summed E-state index contributed by atoms with van der Waals surface area (Å²) in [6, 6.07) is 6.39. The molecule has 0 saturated carbocycles. The number of rotatable bonds is 2. The van der Waals surface area contributed by atoms with Crippen molar-refractivity contribution in [2.45, 2.75) is 18.3 Å². The van der Waals surface area contributed by atoms with E-state index in [1.165, 1.54) is 22.6 Å². The highest BCUT2D eigenvalue weighted by Gasteiger charge is 2.22. The molecule has 1 aromatic heterocycles. The van der Waals surface area contributed by atoms with Gasteiger partial charge in [0.1, 0.15) is 0 Å². The maximum atomic E-state index is 5.46. The summed E-state index contributed by atoms with van der Waals surface area (Å²) in [4.78, 5) is 4.60. The first-order chi connectivity index (χ1) is 9.90. The lowest BCUT2D eigenvalue weighted by atomic mass is 10.1. The Labute approximate surface area is 126 Å². The number of nitrogens with one attached hydrogen (secondary N) is 1. The van der Waals surface area contributed by atoms with Gasteiger partial charge in [-0.05, 0) is 23.3 Å². The SMILES string of the molecule is c1cc2c(cc1-c1nc(C3CSCCS3)no1)CNC2. The van der Waals surface area contributed by atoms with Crippen LogP contribution in [0.3, 0.4) is 0 Å². The van der Waals surface area contributed by atoms with Gasteiger partial charge in [0.05, 0.1) is 5.25 Å². The van der Waals surface area contributed by atoms with E-state index in [1.54, 1.807) is 0 Å². The monoisotopic (exact) mass is 305 g/mol. The van der Waals surface area contributed by atoms with E-state index in [0.717, 1.165) is 30.2 Å². The number of benzene rings is 1. The van der Waals surface area contributed by atoms with Crippen LogP contribution in [0.1, 0.15) is 22.2 Å². The van der Waals surface area contributed by atoms with Gasteiger partial charge >= 0.3 is 0 Å². The number of hydrogen-bond donors (Lipinski definition) is 1. The van der Waals surface area contributed by atoms with Gasteiger partial charge in [-0.3, -0.25) is 0 Å². The molecule has 6 heteroatoms. The van der Waals surface area contributed by atoms with Gasteiger partial charge in [-0.2, -0.15) is 16.7 Å². The quantitative estimate of drug-likeness (QED) is 0.921. The molecule has 2 aromatic rings. The maximum Gasteiger partial charge on any atom is 0.257 e. The molecule has 20 heavy (non-hydrogen) atoms. The molecule has 0 radical (unpaired) electrons. The molecule has 0 bridgehead atoms. The summed E-state index contributed by atoms with van der Waals surface area (Å²) >= 11 is 3.90. The first-order valence-corrected chi connectivity index (χ1v) is 8.96. The smallest absolute Gasteiger partial charge is 0.257 e. The fourth-order valence-corrected chi connectivity index (χ4v) is 5.14. The predicted octanol–water partition coefficient (Wildman–Crippen LogP) is 2.86. The second-order valence-electron chi connectivity index (χ2n) is 4.98. The fourth-order valence-electron chi connectivity index (χ4n) is 2.55. The van der Waals surface area contributed by atoms with Gasteiger partial charge < -0.3 is 9.84 Å². The Morgan fingerprint density at radius 2 is 2.15 bits per heavy atom. The van der Waals surface area contributed by atoms with E-state index >= 15 is 0 Å². The first-order valence-electron chi connectivity index (χ1n) is 6.76. The van der Waals surface area contributed by atoms with Crippen LogP contribution >= 0.6 is 23.5 Å². The van der Waals surface area contributed by atoms with Crippen molar-refractivity contribution in [3.63, 3.8) is 0 Å². The van der Waals surface area contributed by atoms with Crippen LogP contribution in [0, 0.1) is 0 Å². The van der Waals surface area contributed by atoms with E-state index in [-0.39, 0.29) is 0 Å². The summed E-state index contributed by atoms with van der Waals surface area (Å²) in [7, 11) is 0. The van der Waals surface area contributed by atoms with Crippen molar-refractivity contribution in [3.05, 3.63) is 35.2 Å². The van der Waals surface area contributed by atoms with Crippen molar-refractivity contribution < 1.29 is 4.52 Å². The van der Waals surface area contributed by atoms with Gasteiger partial charge in [-0.15, -0.1) is 11.8 Å². The second kappa shape index (κ2) is 5.42. The summed E-state index contributed by atoms with van der Waals surface area (Å²) in [5.41, 5.74) is 3.73. The van der Waals surface area contributed by atoms with Crippen molar-refractivity contribution in [1.29, 1.82) is 0 Å². The van der Waals surface area contributed by atoms with Crippen LogP contribution in [-0.4, -0.2) is 27.4 Å². The van der Waals surface area contributed by atoms with Crippen LogP contribution < -0.4 is 5.32 Å². The Morgan fingerprint density at radius 1 is 1.20 bits per heavy atom. The molecule has 1 fully saturated rings. The number of fused-ring (bicyclic) bond motifs is 1. The Hall–Kier alpha value is -0.980. The van der Waals surface area contributed by atoms with E-state index < -0.39 is 0 Å². The minimum absolute atomic E-state index is 0.377. The van der Waals surface area contributed by atoms with Crippen LogP contribution in [0.2, 0.25) is 0 Å². The molecule has 1 aromatic carbocycles. The van der Waals surface area contributed by atoms with Gasteiger partial charge in [0.25, 0.3) is 5.89 Å². The van der Waals surface area contributed by atoms with Crippen molar-refractivity contribution in [3.8, 4) is 11.5 Å². The normalized spacial score (nSPS) is 21.9. The van der Waals surface area contributed by atoms with Crippen LogP contribution in [0.15, 0.2) is 22.7 Å². The van der Waals surface area contributed by atoms with Crippen LogP contribution in [0.4, 0.5) is 0 Å². The van der Waals surface area contributed by atoms with Crippen LogP contribution in [0.5, 0.6) is 0 Å². The van der Waals surface area contributed by atoms with Crippen molar-refractivity contribution in [2.24, 2.45) is 0 Å². The highest BCUT2D eigenvalue weighted by molar-refractivity contribution is 8.06. The third-order valence-corrected chi connectivity index (χ3v) is 6.38. The molecule has 0 amide bonds. The Bertz CT molecular complexity index is 623. The summed E-state index contributed by atoms with van der Waals surface area (Å²) in [5, 5.41) is 7.90. The Morgan fingerprint density at radius 3 is 3.05 bits per heavy atom. The van der Waals surface area contributed by atoms with Crippen molar-refractivity contribution >= 4 is 23.5 Å². The van der Waals surface area contributed by atoms with Crippen molar-refractivity contribution in [1.82, 2.24) is 15.5 Å². The highest BCUT2D eigenvalue weighted by Crippen LogP contribution is 2.36. The largest absolute Gasteiger partial charge is 0.334 e. The van der Waals surface area contributed by atoms with E-state index in [0.29, 0.717) is 11.1 Å². The lowest BCUT2D eigenvalue weighted by molar-refractivity contribution is 0.423. The molecule has 1 atom stereocenters. The van der Waals surface area contributed by atoms with Crippen LogP contribution in [0.25, 0.3) is 11.5 Å². The van der Waals surface area contributed by atoms with Crippen molar-refractivity contribution in [2.75, 3.05) is 17.3 Å². The molecule has 2 aliphatic rings. The lowest BCUT2D eigenvalue weighted by Gasteiger charge is -2.16. The average Bonchev–Trinajstić information content (AvgIpc) is 3.16. The molecule has 0 aliphatic carbocycles. The Kier molecular flexibility index (Phi) is 3.45. The standard InChI is InChI=1S/C14H15N3OS2/c1-2-10-6-15-7-11(10)5-9(1)14-16-13(17-18-14)12-8-19-3-4-20-12/h1-2,5,12,15H,3-4,6-8H2. The van der Waals surface area contributed by atoms with Gasteiger partial charge in [0.15, 0.2) is 5.82 Å². The molecule has 4 rings (SSSR count). The third-order valence-electron chi connectivity index (χ3n) is 3.63. The molecular formula is C14H15N3OS2. The first kappa shape index (κ1) is 12.7. The zero-order valence-electron chi connectivity index (χ0n) is 11.0. The zero-order valence-corrected chi connectivity index (χ0v) is 12.6. The minimum Gasteiger partial charge on any atom is -0.334 e. The lowest BCUT2D eigenvalue weighted by Crippen LogP contribution is -2.07. The molecule has 104 valence electrons. The third kappa shape index (κ3) is 2.36. The maximum absolute atomic E-state index is 5.46. The van der Waals surface area contributed by atoms with Gasteiger partial charge in [-0.1, -0.05) is 11.2 Å². The van der Waals surface area contributed by atoms with Gasteiger partial charge in [0, 0.05) is 35.9 Å². The number of hydrogen-bond acceptors (Lipinski definition) is 6. The average molecular weight is 305 g/mol. The topological polar surface area (TPSA) is 51.0 Å². The summed E-state index contributed by atoms with van der Waals surface area (Å²) in [6.45, 7) is 1.89. The van der Waals surface area contributed by atoms with E-state index in [4.69, 9.17) is 4.52 Å². The Balaban J connectivity index is 1.61. The zero-order chi connectivity index (χ0) is 13.4. The second-order valence-corrected chi connectivity index (χ2v) is 7.44. The molecular weight excluding hydrogens is 290 g/mol. The van der Waals surface area contributed by atoms with Gasteiger partial charge in [-0.25, -0.2) is 0 Å². The molecule has 4 nitrogen and oxygen atoms in total. The molecule has 1 unspecified atom stereocenters. The summed E-state index contributed by atoms with van der Waals surface area (Å²) in [6.07, 6.45) is 0. The summed E-state index contributed by atoms with van der Waals surface area (Å²) in [5.74, 6) is 4.97. The molecule has 1 saturated heterocycles. The number of aromatic nitrogens is 2. The van der Waals surface area contributed by atoms with E-state index in [2.05, 4.69) is 33.7 Å². The highest BCUT2D eigenvalue weighted by atomic mass is 32.2. The molecule has 0 spiro atoms. The fraction of sp³-hybridized carbons (Fsp3) is 0.429. The molecule has 2 aliphatic heterocycles. The number of nitrogens with zero attached hydrogens (tertiary/aromatic N) is 2. The van der Waals surface area contributed by atoms with Crippen LogP contribution in [-0.2, 0) is 13.1 Å².